The number of carbonyl (C=O) groups excluding carboxylic acids is 1. The summed E-state index contributed by atoms with van der Waals surface area (Å²) in [6, 6.07) is 3.68. The molecule has 1 aliphatic rings. The summed E-state index contributed by atoms with van der Waals surface area (Å²) in [5.41, 5.74) is 0.825. The van der Waals surface area contributed by atoms with Crippen LogP contribution in [-0.2, 0) is 11.3 Å². The number of nitrogens with zero attached hydrogens (tertiary/aromatic N) is 2. The maximum absolute atomic E-state index is 12.7. The van der Waals surface area contributed by atoms with E-state index in [0.29, 0.717) is 11.7 Å². The first-order valence-electron chi connectivity index (χ1n) is 7.82. The van der Waals surface area contributed by atoms with E-state index in [1.807, 2.05) is 22.4 Å². The average Bonchev–Trinajstić information content (AvgIpc) is 3.15. The van der Waals surface area contributed by atoms with E-state index in [9.17, 15) is 4.79 Å². The van der Waals surface area contributed by atoms with Crippen LogP contribution in [0.1, 0.15) is 43.2 Å². The number of methoxy groups -OCH3 is 1. The van der Waals surface area contributed by atoms with E-state index in [-0.39, 0.29) is 12.1 Å². The summed E-state index contributed by atoms with van der Waals surface area (Å²) in [5, 5.41) is 5.40. The Morgan fingerprint density at radius 1 is 1.52 bits per heavy atom. The molecule has 1 unspecified atom stereocenters. The molecule has 1 aliphatic heterocycles. The van der Waals surface area contributed by atoms with Crippen LogP contribution in [0.2, 0.25) is 0 Å². The summed E-state index contributed by atoms with van der Waals surface area (Å²) >= 11 is 1.41. The van der Waals surface area contributed by atoms with E-state index in [1.54, 1.807) is 13.4 Å². The van der Waals surface area contributed by atoms with Crippen LogP contribution in [0.5, 0.6) is 0 Å². The van der Waals surface area contributed by atoms with Crippen molar-refractivity contribution in [1.82, 2.24) is 9.88 Å². The first kappa shape index (κ1) is 16.0. The fourth-order valence-electron chi connectivity index (χ4n) is 2.87. The highest BCUT2D eigenvalue weighted by Crippen LogP contribution is 2.31. The largest absolute Gasteiger partial charge is 0.467 e. The van der Waals surface area contributed by atoms with E-state index < -0.39 is 0 Å². The van der Waals surface area contributed by atoms with Gasteiger partial charge < -0.3 is 14.1 Å². The quantitative estimate of drug-likeness (QED) is 0.916. The van der Waals surface area contributed by atoms with Crippen LogP contribution in [0, 0.1) is 0 Å². The monoisotopic (exact) mass is 335 g/mol. The van der Waals surface area contributed by atoms with Gasteiger partial charge in [-0.15, -0.1) is 11.3 Å². The number of likely N-dealkylation sites (tertiary alicyclic amines) is 1. The molecule has 1 atom stereocenters. The van der Waals surface area contributed by atoms with Crippen molar-refractivity contribution >= 4 is 22.5 Å². The number of amides is 2. The van der Waals surface area contributed by atoms with Crippen LogP contribution >= 0.6 is 11.3 Å². The third-order valence-electron chi connectivity index (χ3n) is 3.94. The first-order chi connectivity index (χ1) is 11.3. The molecule has 0 saturated carbocycles. The Kier molecular flexibility index (Phi) is 5.30. The highest BCUT2D eigenvalue weighted by Gasteiger charge is 2.29. The number of anilines is 1. The van der Waals surface area contributed by atoms with Crippen molar-refractivity contribution in [3.63, 3.8) is 0 Å². The van der Waals surface area contributed by atoms with Gasteiger partial charge in [-0.3, -0.25) is 5.32 Å². The number of hydrogen-bond donors (Lipinski definition) is 1. The number of aromatic nitrogens is 1. The number of thiazole rings is 1. The summed E-state index contributed by atoms with van der Waals surface area (Å²) in [7, 11) is 1.63. The minimum atomic E-state index is -0.119. The van der Waals surface area contributed by atoms with E-state index in [1.165, 1.54) is 11.3 Å². The van der Waals surface area contributed by atoms with Gasteiger partial charge in [-0.05, 0) is 25.0 Å². The molecule has 2 amide bonds. The number of ether oxygens (including phenoxy) is 1. The molecule has 0 bridgehead atoms. The Morgan fingerprint density at radius 2 is 2.43 bits per heavy atom. The van der Waals surface area contributed by atoms with Crippen molar-refractivity contribution in [2.45, 2.75) is 38.3 Å². The molecule has 6 nitrogen and oxygen atoms in total. The topological polar surface area (TPSA) is 67.6 Å². The van der Waals surface area contributed by atoms with Gasteiger partial charge in [0, 0.05) is 19.0 Å². The lowest BCUT2D eigenvalue weighted by atomic mass is 10.1. The highest BCUT2D eigenvalue weighted by atomic mass is 32.1. The molecule has 2 aromatic heterocycles. The number of hydrogen-bond acceptors (Lipinski definition) is 5. The zero-order chi connectivity index (χ0) is 16.1. The molecule has 1 N–H and O–H groups in total. The second kappa shape index (κ2) is 7.61. The molecule has 0 spiro atoms. The van der Waals surface area contributed by atoms with Gasteiger partial charge in [-0.1, -0.05) is 12.8 Å². The van der Waals surface area contributed by atoms with E-state index >= 15 is 0 Å². The Hall–Kier alpha value is -1.86. The number of carbonyl (C=O) groups is 1. The molecule has 124 valence electrons. The summed E-state index contributed by atoms with van der Waals surface area (Å²) in [6.07, 6.45) is 5.83. The van der Waals surface area contributed by atoms with Crippen LogP contribution in [0.25, 0.3) is 0 Å². The zero-order valence-electron chi connectivity index (χ0n) is 13.2. The first-order valence-corrected chi connectivity index (χ1v) is 8.70. The van der Waals surface area contributed by atoms with E-state index in [0.717, 1.165) is 43.7 Å². The fourth-order valence-corrected chi connectivity index (χ4v) is 3.55. The van der Waals surface area contributed by atoms with Crippen LogP contribution in [0.3, 0.4) is 0 Å². The van der Waals surface area contributed by atoms with Crippen molar-refractivity contribution in [3.05, 3.63) is 35.2 Å². The molecular weight excluding hydrogens is 314 g/mol. The van der Waals surface area contributed by atoms with Gasteiger partial charge in [-0.2, -0.15) is 0 Å². The maximum Gasteiger partial charge on any atom is 0.324 e. The van der Waals surface area contributed by atoms with Crippen LogP contribution in [0.15, 0.2) is 28.2 Å². The van der Waals surface area contributed by atoms with Gasteiger partial charge in [0.1, 0.15) is 5.76 Å². The van der Waals surface area contributed by atoms with Crippen LogP contribution < -0.4 is 5.32 Å². The SMILES string of the molecule is COCc1csc(NC(=O)N2CCCCCC2c2ccco2)n1. The molecule has 2 aromatic rings. The third kappa shape index (κ3) is 3.92. The van der Waals surface area contributed by atoms with Gasteiger partial charge in [0.25, 0.3) is 0 Å². The molecule has 7 heteroatoms. The summed E-state index contributed by atoms with van der Waals surface area (Å²) in [4.78, 5) is 18.9. The number of rotatable bonds is 4. The Bertz CT molecular complexity index is 626. The molecular formula is C16H21N3O3S. The molecule has 0 aliphatic carbocycles. The average molecular weight is 335 g/mol. The minimum absolute atomic E-state index is 0.00842. The Morgan fingerprint density at radius 3 is 3.22 bits per heavy atom. The normalized spacial score (nSPS) is 18.7. The lowest BCUT2D eigenvalue weighted by molar-refractivity contribution is 0.179. The molecule has 0 aromatic carbocycles. The van der Waals surface area contributed by atoms with Crippen molar-refractivity contribution in [2.24, 2.45) is 0 Å². The maximum atomic E-state index is 12.7. The van der Waals surface area contributed by atoms with Gasteiger partial charge >= 0.3 is 6.03 Å². The van der Waals surface area contributed by atoms with Crippen molar-refractivity contribution < 1.29 is 13.9 Å². The van der Waals surface area contributed by atoms with E-state index in [4.69, 9.17) is 9.15 Å². The smallest absolute Gasteiger partial charge is 0.324 e. The molecule has 3 heterocycles. The van der Waals surface area contributed by atoms with Crippen molar-refractivity contribution in [3.8, 4) is 0 Å². The number of nitrogens with one attached hydrogen (secondary N) is 1. The summed E-state index contributed by atoms with van der Waals surface area (Å²) in [5.74, 6) is 0.848. The molecule has 23 heavy (non-hydrogen) atoms. The van der Waals surface area contributed by atoms with Gasteiger partial charge in [0.2, 0.25) is 0 Å². The summed E-state index contributed by atoms with van der Waals surface area (Å²) in [6.45, 7) is 1.18. The zero-order valence-corrected chi connectivity index (χ0v) is 14.0. The van der Waals surface area contributed by atoms with Gasteiger partial charge in [0.15, 0.2) is 5.13 Å². The predicted molar refractivity (Wildman–Crippen MR) is 88.5 cm³/mol. The van der Waals surface area contributed by atoms with Crippen molar-refractivity contribution in [2.75, 3.05) is 19.0 Å². The van der Waals surface area contributed by atoms with Crippen molar-refractivity contribution in [1.29, 1.82) is 0 Å². The Labute approximate surface area is 139 Å². The summed E-state index contributed by atoms with van der Waals surface area (Å²) < 4.78 is 10.6. The number of furan rings is 1. The lowest BCUT2D eigenvalue weighted by Gasteiger charge is -2.28. The Balaban J connectivity index is 1.72. The van der Waals surface area contributed by atoms with Crippen LogP contribution in [0.4, 0.5) is 9.93 Å². The molecule has 1 saturated heterocycles. The van der Waals surface area contributed by atoms with Crippen LogP contribution in [-0.4, -0.2) is 29.6 Å². The minimum Gasteiger partial charge on any atom is -0.467 e. The predicted octanol–water partition coefficient (Wildman–Crippen LogP) is 4.03. The lowest BCUT2D eigenvalue weighted by Crippen LogP contribution is -2.37. The highest BCUT2D eigenvalue weighted by molar-refractivity contribution is 7.13. The van der Waals surface area contributed by atoms with E-state index in [2.05, 4.69) is 10.3 Å². The molecule has 3 rings (SSSR count). The molecule has 0 radical (unpaired) electrons. The standard InChI is InChI=1S/C16H21N3O3S/c1-21-10-12-11-23-15(17-12)18-16(20)19-8-4-2-3-6-13(19)14-7-5-9-22-14/h5,7,9,11,13H,2-4,6,8,10H2,1H3,(H,17,18,20). The van der Waals surface area contributed by atoms with Gasteiger partial charge in [-0.25, -0.2) is 9.78 Å². The second-order valence-corrected chi connectivity index (χ2v) is 6.44. The second-order valence-electron chi connectivity index (χ2n) is 5.58. The molecule has 1 fully saturated rings. The fraction of sp³-hybridized carbons (Fsp3) is 0.500. The van der Waals surface area contributed by atoms with Gasteiger partial charge in [0.05, 0.1) is 24.6 Å². The number of urea groups is 1. The third-order valence-corrected chi connectivity index (χ3v) is 4.75.